The first kappa shape index (κ1) is 30.4. The molecule has 0 saturated carbocycles. The molecule has 228 valence electrons. The van der Waals surface area contributed by atoms with Gasteiger partial charge >= 0.3 is 5.97 Å². The molecule has 1 aromatic heterocycles. The van der Waals surface area contributed by atoms with Crippen molar-refractivity contribution in [1.82, 2.24) is 14.4 Å². The zero-order valence-corrected chi connectivity index (χ0v) is 25.3. The van der Waals surface area contributed by atoms with E-state index in [1.54, 1.807) is 30.9 Å². The molecule has 3 aromatic rings. The van der Waals surface area contributed by atoms with Crippen LogP contribution in [0.4, 0.5) is 0 Å². The zero-order chi connectivity index (χ0) is 30.5. The number of fused-ring (bicyclic) bond motifs is 3. The summed E-state index contributed by atoms with van der Waals surface area (Å²) in [5, 5.41) is 0.572. The van der Waals surface area contributed by atoms with Crippen LogP contribution in [0.2, 0.25) is 5.02 Å². The van der Waals surface area contributed by atoms with E-state index >= 15 is 0 Å². The average molecular weight is 610 g/mol. The Morgan fingerprint density at radius 1 is 1.02 bits per heavy atom. The first-order valence-electron chi connectivity index (χ1n) is 14.4. The second-order valence-electron chi connectivity index (χ2n) is 10.4. The number of amides is 2. The number of nitrogens with zero attached hydrogens (tertiary/aromatic N) is 3. The van der Waals surface area contributed by atoms with Gasteiger partial charge in [0, 0.05) is 48.4 Å². The molecule has 2 amide bonds. The normalized spacial score (nSPS) is 18.0. The van der Waals surface area contributed by atoms with Gasteiger partial charge in [-0.15, -0.1) is 0 Å². The Hall–Kier alpha value is -4.02. The van der Waals surface area contributed by atoms with Gasteiger partial charge in [0.05, 0.1) is 51.3 Å². The summed E-state index contributed by atoms with van der Waals surface area (Å²) in [6.07, 6.45) is 1.67. The zero-order valence-electron chi connectivity index (χ0n) is 24.6. The number of aromatic nitrogens is 1. The van der Waals surface area contributed by atoms with E-state index in [-0.39, 0.29) is 43.7 Å². The summed E-state index contributed by atoms with van der Waals surface area (Å²) in [4.78, 5) is 41.0. The number of hydrogen-bond acceptors (Lipinski definition) is 7. The minimum Gasteiger partial charge on any atom is -0.493 e. The van der Waals surface area contributed by atoms with Crippen molar-refractivity contribution in [2.24, 2.45) is 0 Å². The number of rotatable bonds is 10. The van der Waals surface area contributed by atoms with Gasteiger partial charge in [-0.3, -0.25) is 14.4 Å². The van der Waals surface area contributed by atoms with Crippen molar-refractivity contribution in [2.45, 2.75) is 38.4 Å². The monoisotopic (exact) mass is 609 g/mol. The Morgan fingerprint density at radius 2 is 1.86 bits per heavy atom. The molecular weight excluding hydrogens is 574 g/mol. The van der Waals surface area contributed by atoms with Crippen LogP contribution in [-0.2, 0) is 23.9 Å². The summed E-state index contributed by atoms with van der Waals surface area (Å²) in [5.41, 5.74) is 3.45. The summed E-state index contributed by atoms with van der Waals surface area (Å²) in [6.45, 7) is 3.10. The SMILES string of the molecule is CCOC(=O)CCN1CCN(C(=O)CC[C@H]2O[C@H](c3cccc(OC)c3OC)c3cc(Cl)ccc3-n3cccc32)CC1=O. The number of halogens is 1. The molecule has 2 aliphatic heterocycles. The number of ether oxygens (including phenoxy) is 4. The predicted octanol–water partition coefficient (Wildman–Crippen LogP) is 4.71. The van der Waals surface area contributed by atoms with Crippen molar-refractivity contribution in [3.8, 4) is 17.2 Å². The minimum absolute atomic E-state index is 0.0167. The molecule has 1 saturated heterocycles. The van der Waals surface area contributed by atoms with E-state index in [1.807, 2.05) is 54.7 Å². The molecule has 43 heavy (non-hydrogen) atoms. The first-order chi connectivity index (χ1) is 20.8. The third kappa shape index (κ3) is 6.50. The van der Waals surface area contributed by atoms with Gasteiger partial charge in [-0.05, 0) is 49.7 Å². The van der Waals surface area contributed by atoms with Crippen LogP contribution in [0.1, 0.15) is 55.2 Å². The molecule has 0 N–H and O–H groups in total. The summed E-state index contributed by atoms with van der Waals surface area (Å²) < 4.78 is 25.2. The maximum absolute atomic E-state index is 13.3. The number of carbonyl (C=O) groups is 3. The Morgan fingerprint density at radius 3 is 2.60 bits per heavy atom. The summed E-state index contributed by atoms with van der Waals surface area (Å²) in [7, 11) is 3.18. The maximum Gasteiger partial charge on any atom is 0.307 e. The topological polar surface area (TPSA) is 99.5 Å². The largest absolute Gasteiger partial charge is 0.493 e. The molecule has 1 fully saturated rings. The number of piperazine rings is 1. The van der Waals surface area contributed by atoms with Crippen LogP contribution in [0.5, 0.6) is 11.5 Å². The van der Waals surface area contributed by atoms with E-state index in [2.05, 4.69) is 4.57 Å². The van der Waals surface area contributed by atoms with E-state index in [1.165, 1.54) is 0 Å². The highest BCUT2D eigenvalue weighted by Crippen LogP contribution is 2.46. The fraction of sp³-hybridized carbons (Fsp3) is 0.406. The van der Waals surface area contributed by atoms with Crippen molar-refractivity contribution >= 4 is 29.4 Å². The highest BCUT2D eigenvalue weighted by molar-refractivity contribution is 6.30. The molecule has 11 heteroatoms. The third-order valence-corrected chi connectivity index (χ3v) is 8.08. The number of esters is 1. The Kier molecular flexibility index (Phi) is 9.57. The Labute approximate surface area is 256 Å². The molecule has 0 radical (unpaired) electrons. The fourth-order valence-corrected chi connectivity index (χ4v) is 5.92. The van der Waals surface area contributed by atoms with Crippen molar-refractivity contribution < 1.29 is 33.3 Å². The summed E-state index contributed by atoms with van der Waals surface area (Å²) in [5.74, 6) is 0.494. The van der Waals surface area contributed by atoms with Crippen molar-refractivity contribution in [2.75, 3.05) is 47.0 Å². The van der Waals surface area contributed by atoms with Crippen molar-refractivity contribution in [3.05, 3.63) is 76.6 Å². The van der Waals surface area contributed by atoms with Gasteiger partial charge in [0.2, 0.25) is 11.8 Å². The van der Waals surface area contributed by atoms with Crippen molar-refractivity contribution in [1.29, 1.82) is 0 Å². The number of methoxy groups -OCH3 is 2. The fourth-order valence-electron chi connectivity index (χ4n) is 5.74. The van der Waals surface area contributed by atoms with Gasteiger partial charge in [0.15, 0.2) is 11.5 Å². The van der Waals surface area contributed by atoms with Crippen molar-refractivity contribution in [3.63, 3.8) is 0 Å². The molecule has 0 aliphatic carbocycles. The molecule has 0 bridgehead atoms. The minimum atomic E-state index is -0.566. The molecule has 5 rings (SSSR count). The highest BCUT2D eigenvalue weighted by Gasteiger charge is 2.34. The van der Waals surface area contributed by atoms with Crippen LogP contribution in [0.3, 0.4) is 0 Å². The third-order valence-electron chi connectivity index (χ3n) is 7.84. The molecular formula is C32H36ClN3O7. The molecule has 2 aromatic carbocycles. The van der Waals surface area contributed by atoms with Crippen LogP contribution in [0, 0.1) is 0 Å². The van der Waals surface area contributed by atoms with E-state index in [0.29, 0.717) is 42.6 Å². The lowest BCUT2D eigenvalue weighted by Gasteiger charge is -2.34. The molecule has 0 spiro atoms. The number of carbonyl (C=O) groups excluding carboxylic acids is 3. The van der Waals surface area contributed by atoms with Gasteiger partial charge in [0.1, 0.15) is 6.10 Å². The maximum atomic E-state index is 13.3. The quantitative estimate of drug-likeness (QED) is 0.307. The van der Waals surface area contributed by atoms with Crippen LogP contribution in [0.15, 0.2) is 54.7 Å². The number of hydrogen-bond donors (Lipinski definition) is 0. The second-order valence-corrected chi connectivity index (χ2v) is 10.8. The van der Waals surface area contributed by atoms with Crippen LogP contribution < -0.4 is 9.47 Å². The first-order valence-corrected chi connectivity index (χ1v) is 14.8. The molecule has 0 unspecified atom stereocenters. The Bertz CT molecular complexity index is 1490. The summed E-state index contributed by atoms with van der Waals surface area (Å²) in [6, 6.07) is 15.3. The van der Waals surface area contributed by atoms with Crippen LogP contribution in [0.25, 0.3) is 5.69 Å². The van der Waals surface area contributed by atoms with Gasteiger partial charge in [-0.2, -0.15) is 0 Å². The van der Waals surface area contributed by atoms with Crippen LogP contribution in [-0.4, -0.2) is 79.2 Å². The molecule has 3 heterocycles. The smallest absolute Gasteiger partial charge is 0.307 e. The van der Waals surface area contributed by atoms with E-state index < -0.39 is 12.2 Å². The van der Waals surface area contributed by atoms with E-state index in [0.717, 1.165) is 22.5 Å². The molecule has 2 aliphatic rings. The number of benzene rings is 2. The second kappa shape index (κ2) is 13.5. The predicted molar refractivity (Wildman–Crippen MR) is 160 cm³/mol. The van der Waals surface area contributed by atoms with Gasteiger partial charge in [0.25, 0.3) is 0 Å². The number of para-hydroxylation sites is 1. The van der Waals surface area contributed by atoms with Gasteiger partial charge < -0.3 is 33.3 Å². The Balaban J connectivity index is 1.35. The van der Waals surface area contributed by atoms with E-state index in [9.17, 15) is 14.4 Å². The lowest BCUT2D eigenvalue weighted by atomic mass is 9.98. The van der Waals surface area contributed by atoms with E-state index in [4.69, 9.17) is 30.5 Å². The van der Waals surface area contributed by atoms with Crippen LogP contribution >= 0.6 is 11.6 Å². The lowest BCUT2D eigenvalue weighted by Crippen LogP contribution is -2.52. The molecule has 2 atom stereocenters. The highest BCUT2D eigenvalue weighted by atomic mass is 35.5. The van der Waals surface area contributed by atoms with Gasteiger partial charge in [-0.1, -0.05) is 23.7 Å². The summed E-state index contributed by atoms with van der Waals surface area (Å²) >= 11 is 6.49. The lowest BCUT2D eigenvalue weighted by molar-refractivity contribution is -0.148. The average Bonchev–Trinajstić information content (AvgIpc) is 3.45. The standard InChI is InChI=1S/C32H36ClN3O7/c1-4-42-30(39)14-16-34-17-18-35(20-29(34)38)28(37)13-12-26-25-8-6-15-36(25)24-11-10-21(33)19-23(24)31(43-26)22-7-5-9-27(40-2)32(22)41-3/h5-11,15,19,26,31H,4,12-14,16-18,20H2,1-3H3/t26-,31-/m1/s1. The molecule has 10 nitrogen and oxygen atoms in total. The van der Waals surface area contributed by atoms with Gasteiger partial charge in [-0.25, -0.2) is 0 Å².